The highest BCUT2D eigenvalue weighted by Crippen LogP contribution is 2.41. The van der Waals surface area contributed by atoms with Crippen LogP contribution in [-0.2, 0) is 39.5 Å². The van der Waals surface area contributed by atoms with Crippen LogP contribution in [0.3, 0.4) is 0 Å². The van der Waals surface area contributed by atoms with Crippen molar-refractivity contribution in [3.05, 3.63) is 56.9 Å². The van der Waals surface area contributed by atoms with Crippen LogP contribution >= 0.6 is 0 Å². The number of carbonyl (C=O) groups excluding carboxylic acids is 2. The molecule has 0 bridgehead atoms. The number of pyridine rings is 2. The monoisotopic (exact) mass is 531 g/mol. The third-order valence-electron chi connectivity index (χ3n) is 8.86. The topological polar surface area (TPSA) is 134 Å². The number of aromatic nitrogens is 2. The number of rotatable bonds is 5. The standard InChI is InChI=1S/C30H33N3O6/c1-3-19-20-11-18(39-28(35)17-7-5-16(13-31)6-8-17)9-10-24(20)32-26-21(19)14-33-25(26)12-23-22(27(33)34)15-38-29(36)30(23,37)4-2/h9-12,16-17,37H,3-8,13-15,31H2,1-2H3/t16?,17?,30-/m0/s1. The summed E-state index contributed by atoms with van der Waals surface area (Å²) in [5, 5.41) is 12.0. The van der Waals surface area contributed by atoms with Crippen LogP contribution in [0.2, 0.25) is 0 Å². The molecule has 9 heteroatoms. The number of ether oxygens (including phenoxy) is 2. The van der Waals surface area contributed by atoms with Gasteiger partial charge in [-0.2, -0.15) is 0 Å². The van der Waals surface area contributed by atoms with E-state index in [4.69, 9.17) is 20.2 Å². The molecule has 2 aromatic heterocycles. The summed E-state index contributed by atoms with van der Waals surface area (Å²) in [4.78, 5) is 43.8. The van der Waals surface area contributed by atoms with Crippen molar-refractivity contribution in [2.75, 3.05) is 6.54 Å². The third kappa shape index (κ3) is 3.98. The Hall–Kier alpha value is -3.56. The Morgan fingerprint density at radius 1 is 1.18 bits per heavy atom. The molecule has 39 heavy (non-hydrogen) atoms. The number of cyclic esters (lactones) is 1. The summed E-state index contributed by atoms with van der Waals surface area (Å²) in [6, 6.07) is 7.18. The maximum atomic E-state index is 13.5. The number of benzene rings is 1. The molecule has 1 fully saturated rings. The second kappa shape index (κ2) is 9.57. The number of nitrogens with zero attached hydrogens (tertiary/aromatic N) is 2. The van der Waals surface area contributed by atoms with Gasteiger partial charge in [0.05, 0.1) is 34.9 Å². The van der Waals surface area contributed by atoms with E-state index < -0.39 is 11.6 Å². The first kappa shape index (κ1) is 25.7. The van der Waals surface area contributed by atoms with Crippen LogP contribution in [0.15, 0.2) is 29.1 Å². The fraction of sp³-hybridized carbons (Fsp3) is 0.467. The maximum Gasteiger partial charge on any atom is 0.343 e. The number of hydrogen-bond acceptors (Lipinski definition) is 8. The van der Waals surface area contributed by atoms with Gasteiger partial charge in [0.1, 0.15) is 12.4 Å². The van der Waals surface area contributed by atoms with Crippen molar-refractivity contribution in [1.82, 2.24) is 9.55 Å². The Morgan fingerprint density at radius 2 is 1.95 bits per heavy atom. The molecule has 3 N–H and O–H groups in total. The molecule has 0 spiro atoms. The van der Waals surface area contributed by atoms with Crippen LogP contribution in [0.25, 0.3) is 22.3 Å². The number of aryl methyl sites for hydroxylation is 1. The predicted octanol–water partition coefficient (Wildman–Crippen LogP) is 3.31. The molecule has 0 unspecified atom stereocenters. The molecule has 1 aromatic carbocycles. The van der Waals surface area contributed by atoms with Crippen molar-refractivity contribution >= 4 is 22.8 Å². The number of hydrogen-bond donors (Lipinski definition) is 2. The van der Waals surface area contributed by atoms with Crippen LogP contribution in [-0.4, -0.2) is 33.1 Å². The normalized spacial score (nSPS) is 23.6. The Morgan fingerprint density at radius 3 is 2.64 bits per heavy atom. The second-order valence-corrected chi connectivity index (χ2v) is 10.9. The Kier molecular flexibility index (Phi) is 6.31. The van der Waals surface area contributed by atoms with E-state index in [1.54, 1.807) is 23.6 Å². The highest BCUT2D eigenvalue weighted by Gasteiger charge is 2.45. The van der Waals surface area contributed by atoms with Crippen LogP contribution in [0, 0.1) is 11.8 Å². The lowest BCUT2D eigenvalue weighted by molar-refractivity contribution is -0.172. The molecule has 3 aliphatic rings. The fourth-order valence-corrected chi connectivity index (χ4v) is 6.44. The highest BCUT2D eigenvalue weighted by molar-refractivity contribution is 5.90. The number of fused-ring (bicyclic) bond motifs is 5. The lowest BCUT2D eigenvalue weighted by Gasteiger charge is -2.31. The smallest absolute Gasteiger partial charge is 0.343 e. The third-order valence-corrected chi connectivity index (χ3v) is 8.86. The first-order valence-electron chi connectivity index (χ1n) is 13.8. The summed E-state index contributed by atoms with van der Waals surface area (Å²) in [7, 11) is 0. The summed E-state index contributed by atoms with van der Waals surface area (Å²) in [5.41, 5.74) is 8.14. The van der Waals surface area contributed by atoms with Crippen molar-refractivity contribution in [3.63, 3.8) is 0 Å². The zero-order valence-corrected chi connectivity index (χ0v) is 22.3. The molecule has 1 saturated carbocycles. The largest absolute Gasteiger partial charge is 0.458 e. The van der Waals surface area contributed by atoms with Crippen LogP contribution in [0.5, 0.6) is 5.75 Å². The number of carbonyl (C=O) groups is 2. The van der Waals surface area contributed by atoms with Crippen molar-refractivity contribution in [1.29, 1.82) is 0 Å². The van der Waals surface area contributed by atoms with Gasteiger partial charge in [-0.1, -0.05) is 13.8 Å². The lowest BCUT2D eigenvalue weighted by atomic mass is 9.82. The molecule has 0 amide bonds. The van der Waals surface area contributed by atoms with Gasteiger partial charge >= 0.3 is 11.9 Å². The summed E-state index contributed by atoms with van der Waals surface area (Å²) in [5.74, 6) is -0.0908. The first-order valence-corrected chi connectivity index (χ1v) is 13.8. The van der Waals surface area contributed by atoms with Crippen LogP contribution in [0.4, 0.5) is 0 Å². The summed E-state index contributed by atoms with van der Waals surface area (Å²) < 4.78 is 12.6. The molecule has 0 saturated heterocycles. The van der Waals surface area contributed by atoms with E-state index in [9.17, 15) is 19.5 Å². The predicted molar refractivity (Wildman–Crippen MR) is 144 cm³/mol. The molecule has 204 valence electrons. The number of esters is 2. The average molecular weight is 532 g/mol. The Bertz CT molecular complexity index is 1570. The molecule has 4 heterocycles. The Balaban J connectivity index is 1.38. The molecule has 3 aromatic rings. The highest BCUT2D eigenvalue weighted by atomic mass is 16.6. The number of aliphatic hydroxyl groups is 1. The molecular weight excluding hydrogens is 498 g/mol. The van der Waals surface area contributed by atoms with Gasteiger partial charge in [-0.3, -0.25) is 9.59 Å². The van der Waals surface area contributed by atoms with E-state index in [0.717, 1.165) is 47.7 Å². The zero-order valence-electron chi connectivity index (χ0n) is 22.3. The summed E-state index contributed by atoms with van der Waals surface area (Å²) >= 11 is 0. The van der Waals surface area contributed by atoms with Gasteiger partial charge in [-0.05, 0) is 80.8 Å². The van der Waals surface area contributed by atoms with Gasteiger partial charge in [0.15, 0.2) is 5.60 Å². The van der Waals surface area contributed by atoms with Gasteiger partial charge < -0.3 is 24.9 Å². The molecule has 1 aliphatic carbocycles. The molecule has 9 nitrogen and oxygen atoms in total. The van der Waals surface area contributed by atoms with Crippen LogP contribution in [0.1, 0.15) is 68.2 Å². The van der Waals surface area contributed by atoms with E-state index in [1.807, 2.05) is 19.1 Å². The van der Waals surface area contributed by atoms with E-state index >= 15 is 0 Å². The molecule has 0 radical (unpaired) electrons. The zero-order chi connectivity index (χ0) is 27.5. The van der Waals surface area contributed by atoms with Crippen molar-refractivity contribution in [2.45, 2.75) is 71.1 Å². The van der Waals surface area contributed by atoms with Gasteiger partial charge in [-0.25, -0.2) is 9.78 Å². The minimum Gasteiger partial charge on any atom is -0.458 e. The number of nitrogens with two attached hydrogens (primary N) is 1. The molecular formula is C30H33N3O6. The van der Waals surface area contributed by atoms with E-state index in [-0.39, 0.29) is 30.5 Å². The van der Waals surface area contributed by atoms with Crippen molar-refractivity contribution in [2.24, 2.45) is 17.6 Å². The molecule has 1 atom stereocenters. The van der Waals surface area contributed by atoms with Gasteiger partial charge in [0, 0.05) is 16.5 Å². The second-order valence-electron chi connectivity index (χ2n) is 10.9. The molecule has 2 aliphatic heterocycles. The van der Waals surface area contributed by atoms with E-state index in [0.29, 0.717) is 53.7 Å². The van der Waals surface area contributed by atoms with Crippen molar-refractivity contribution in [3.8, 4) is 17.1 Å². The first-order chi connectivity index (χ1) is 18.8. The quantitative estimate of drug-likeness (QED) is 0.296. The fourth-order valence-electron chi connectivity index (χ4n) is 6.44. The van der Waals surface area contributed by atoms with Gasteiger partial charge in [0.25, 0.3) is 5.56 Å². The Labute approximate surface area is 225 Å². The SMILES string of the molecule is CCc1c2c(nc3ccc(OC(=O)C4CCC(CN)CC4)cc13)-c1cc3c(c(=O)n1C2)COC(=O)[C@]3(O)CC. The van der Waals surface area contributed by atoms with Gasteiger partial charge in [-0.15, -0.1) is 0 Å². The van der Waals surface area contributed by atoms with Crippen LogP contribution < -0.4 is 16.0 Å². The summed E-state index contributed by atoms with van der Waals surface area (Å²) in [6.07, 6.45) is 4.27. The molecule has 6 rings (SSSR count). The van der Waals surface area contributed by atoms with Crippen molar-refractivity contribution < 1.29 is 24.2 Å². The maximum absolute atomic E-state index is 13.5. The average Bonchev–Trinajstić information content (AvgIpc) is 3.32. The van der Waals surface area contributed by atoms with Gasteiger partial charge in [0.2, 0.25) is 0 Å². The van der Waals surface area contributed by atoms with E-state index in [2.05, 4.69) is 0 Å². The summed E-state index contributed by atoms with van der Waals surface area (Å²) in [6.45, 7) is 4.56. The lowest BCUT2D eigenvalue weighted by Crippen LogP contribution is -2.44. The minimum atomic E-state index is -1.86. The minimum absolute atomic E-state index is 0.0932. The van der Waals surface area contributed by atoms with E-state index in [1.165, 1.54) is 0 Å².